The number of amides is 1. The number of carbonyl (C=O) groups is 1. The van der Waals surface area contributed by atoms with Crippen molar-refractivity contribution in [1.82, 2.24) is 10.5 Å². The third-order valence-electron chi connectivity index (χ3n) is 4.06. The Kier molecular flexibility index (Phi) is 5.98. The topological polar surface area (TPSA) is 64.4 Å². The second kappa shape index (κ2) is 8.60. The van der Waals surface area contributed by atoms with Crippen molar-refractivity contribution < 1.29 is 27.2 Å². The fourth-order valence-electron chi connectivity index (χ4n) is 2.60. The van der Waals surface area contributed by atoms with Gasteiger partial charge in [-0.25, -0.2) is 13.2 Å². The van der Waals surface area contributed by atoms with E-state index in [4.69, 9.17) is 9.26 Å². The summed E-state index contributed by atoms with van der Waals surface area (Å²) in [6, 6.07) is 10.2. The molecule has 28 heavy (non-hydrogen) atoms. The maximum atomic E-state index is 13.6. The minimum absolute atomic E-state index is 0.00633. The average molecular weight is 390 g/mol. The molecule has 5 nitrogen and oxygen atoms in total. The van der Waals surface area contributed by atoms with Crippen molar-refractivity contribution in [3.05, 3.63) is 83.0 Å². The van der Waals surface area contributed by atoms with Gasteiger partial charge in [-0.3, -0.25) is 4.79 Å². The van der Waals surface area contributed by atoms with Crippen LogP contribution in [0.25, 0.3) is 0 Å². The predicted octanol–water partition coefficient (Wildman–Crippen LogP) is 4.55. The summed E-state index contributed by atoms with van der Waals surface area (Å²) in [6.45, 7) is 1.58. The Morgan fingerprint density at radius 1 is 1.14 bits per heavy atom. The Balaban J connectivity index is 1.64. The van der Waals surface area contributed by atoms with Gasteiger partial charge in [0.2, 0.25) is 0 Å². The van der Waals surface area contributed by atoms with Crippen LogP contribution in [-0.4, -0.2) is 11.1 Å². The number of carbonyl (C=O) groups excluding carboxylic acids is 1. The first kappa shape index (κ1) is 19.5. The van der Waals surface area contributed by atoms with Crippen molar-refractivity contribution in [2.45, 2.75) is 26.0 Å². The molecule has 0 saturated heterocycles. The highest BCUT2D eigenvalue weighted by atomic mass is 19.1. The molecule has 0 spiro atoms. The van der Waals surface area contributed by atoms with Crippen molar-refractivity contribution in [2.24, 2.45) is 0 Å². The molecule has 0 radical (unpaired) electrons. The van der Waals surface area contributed by atoms with E-state index >= 15 is 0 Å². The van der Waals surface area contributed by atoms with Gasteiger partial charge in [-0.1, -0.05) is 30.3 Å². The van der Waals surface area contributed by atoms with E-state index in [1.165, 1.54) is 24.3 Å². The van der Waals surface area contributed by atoms with Crippen molar-refractivity contribution in [2.75, 3.05) is 0 Å². The number of nitrogens with zero attached hydrogens (tertiary/aromatic N) is 1. The van der Waals surface area contributed by atoms with Gasteiger partial charge in [-0.05, 0) is 36.2 Å². The molecule has 1 atom stereocenters. The molecule has 3 rings (SSSR count). The van der Waals surface area contributed by atoms with Crippen molar-refractivity contribution in [3.63, 3.8) is 0 Å². The first-order valence-corrected chi connectivity index (χ1v) is 8.56. The van der Waals surface area contributed by atoms with E-state index in [0.717, 1.165) is 17.7 Å². The third kappa shape index (κ3) is 4.51. The molecule has 0 bridgehead atoms. The van der Waals surface area contributed by atoms with Gasteiger partial charge in [0.25, 0.3) is 5.91 Å². The van der Waals surface area contributed by atoms with E-state index in [1.807, 2.05) is 6.92 Å². The quantitative estimate of drug-likeness (QED) is 0.643. The van der Waals surface area contributed by atoms with Crippen LogP contribution in [0.3, 0.4) is 0 Å². The minimum Gasteiger partial charge on any atom is -0.479 e. The van der Waals surface area contributed by atoms with Gasteiger partial charge in [-0.2, -0.15) is 0 Å². The summed E-state index contributed by atoms with van der Waals surface area (Å²) in [5.74, 6) is -2.96. The van der Waals surface area contributed by atoms with Crippen LogP contribution in [0.1, 0.15) is 41.2 Å². The van der Waals surface area contributed by atoms with Gasteiger partial charge in [0, 0.05) is 6.07 Å². The van der Waals surface area contributed by atoms with Crippen LogP contribution in [-0.2, 0) is 6.61 Å². The highest BCUT2D eigenvalue weighted by Crippen LogP contribution is 2.22. The fraction of sp³-hybridized carbons (Fsp3) is 0.200. The zero-order valence-electron chi connectivity index (χ0n) is 14.9. The monoisotopic (exact) mass is 390 g/mol. The molecular formula is C20H17F3N2O3. The summed E-state index contributed by atoms with van der Waals surface area (Å²) >= 11 is 0. The van der Waals surface area contributed by atoms with Crippen LogP contribution in [0.15, 0.2) is 53.1 Å². The zero-order valence-corrected chi connectivity index (χ0v) is 14.9. The number of hydrogen-bond donors (Lipinski definition) is 1. The molecule has 0 unspecified atom stereocenters. The molecule has 3 aromatic rings. The van der Waals surface area contributed by atoms with Crippen molar-refractivity contribution in [1.29, 1.82) is 0 Å². The van der Waals surface area contributed by atoms with Gasteiger partial charge < -0.3 is 14.6 Å². The van der Waals surface area contributed by atoms with Crippen LogP contribution in [0.5, 0.6) is 5.75 Å². The molecule has 146 valence electrons. The van der Waals surface area contributed by atoms with Crippen molar-refractivity contribution in [3.8, 4) is 5.75 Å². The summed E-state index contributed by atoms with van der Waals surface area (Å²) < 4.78 is 50.2. The number of para-hydroxylation sites is 1. The van der Waals surface area contributed by atoms with Gasteiger partial charge in [-0.15, -0.1) is 0 Å². The first-order valence-electron chi connectivity index (χ1n) is 8.56. The second-order valence-corrected chi connectivity index (χ2v) is 6.00. The molecule has 0 aliphatic rings. The maximum absolute atomic E-state index is 13.6. The first-order chi connectivity index (χ1) is 13.5. The van der Waals surface area contributed by atoms with Crippen LogP contribution < -0.4 is 10.1 Å². The standard InChI is InChI=1S/C20H17F3N2O3/c1-2-17(12-6-8-13(21)9-7-12)24-20(26)18-10-14(28-25-18)11-27-19-15(22)4-3-5-16(19)23/h3-10,17H,2,11H2,1H3,(H,24,26)/t17-/m0/s1. The lowest BCUT2D eigenvalue weighted by molar-refractivity contribution is 0.0926. The maximum Gasteiger partial charge on any atom is 0.273 e. The van der Waals surface area contributed by atoms with E-state index in [0.29, 0.717) is 6.42 Å². The van der Waals surface area contributed by atoms with Crippen LogP contribution in [0.2, 0.25) is 0 Å². The summed E-state index contributed by atoms with van der Waals surface area (Å²) in [5.41, 5.74) is 0.743. The molecule has 1 N–H and O–H groups in total. The lowest BCUT2D eigenvalue weighted by Gasteiger charge is -2.16. The molecule has 8 heteroatoms. The summed E-state index contributed by atoms with van der Waals surface area (Å²) in [6.07, 6.45) is 0.581. The number of aromatic nitrogens is 1. The van der Waals surface area contributed by atoms with E-state index in [9.17, 15) is 18.0 Å². The van der Waals surface area contributed by atoms with E-state index < -0.39 is 23.3 Å². The van der Waals surface area contributed by atoms with Crippen molar-refractivity contribution >= 4 is 5.91 Å². The number of halogens is 3. The largest absolute Gasteiger partial charge is 0.479 e. The molecule has 0 fully saturated rings. The summed E-state index contributed by atoms with van der Waals surface area (Å²) in [4.78, 5) is 12.4. The highest BCUT2D eigenvalue weighted by Gasteiger charge is 2.18. The number of nitrogens with one attached hydrogen (secondary N) is 1. The number of hydrogen-bond acceptors (Lipinski definition) is 4. The minimum atomic E-state index is -0.845. The SMILES string of the molecule is CC[C@H](NC(=O)c1cc(COc2c(F)cccc2F)on1)c1ccc(F)cc1. The summed E-state index contributed by atoms with van der Waals surface area (Å²) in [7, 11) is 0. The third-order valence-corrected chi connectivity index (χ3v) is 4.06. The lowest BCUT2D eigenvalue weighted by atomic mass is 10.0. The van der Waals surface area contributed by atoms with Gasteiger partial charge >= 0.3 is 0 Å². The second-order valence-electron chi connectivity index (χ2n) is 6.00. The molecule has 2 aromatic carbocycles. The Morgan fingerprint density at radius 3 is 2.46 bits per heavy atom. The molecule has 0 aliphatic heterocycles. The van der Waals surface area contributed by atoms with E-state index in [1.54, 1.807) is 12.1 Å². The van der Waals surface area contributed by atoms with Gasteiger partial charge in [0.15, 0.2) is 28.8 Å². The molecule has 1 amide bonds. The van der Waals surface area contributed by atoms with Gasteiger partial charge in [0.1, 0.15) is 12.4 Å². The average Bonchev–Trinajstić information content (AvgIpc) is 3.15. The van der Waals surface area contributed by atoms with E-state index in [-0.39, 0.29) is 29.9 Å². The number of benzene rings is 2. The normalized spacial score (nSPS) is 11.9. The molecule has 0 aliphatic carbocycles. The van der Waals surface area contributed by atoms with Crippen LogP contribution in [0.4, 0.5) is 13.2 Å². The van der Waals surface area contributed by atoms with E-state index in [2.05, 4.69) is 10.5 Å². The molecule has 1 heterocycles. The fourth-order valence-corrected chi connectivity index (χ4v) is 2.60. The predicted molar refractivity (Wildman–Crippen MR) is 94.1 cm³/mol. The molecule has 0 saturated carbocycles. The van der Waals surface area contributed by atoms with Gasteiger partial charge in [0.05, 0.1) is 6.04 Å². The molecule has 1 aromatic heterocycles. The Bertz CT molecular complexity index is 937. The number of rotatable bonds is 7. The molecular weight excluding hydrogens is 373 g/mol. The smallest absolute Gasteiger partial charge is 0.273 e. The lowest BCUT2D eigenvalue weighted by Crippen LogP contribution is -2.28. The van der Waals surface area contributed by atoms with Crippen LogP contribution >= 0.6 is 0 Å². The highest BCUT2D eigenvalue weighted by molar-refractivity contribution is 5.92. The Morgan fingerprint density at radius 2 is 1.82 bits per heavy atom. The zero-order chi connectivity index (χ0) is 20.1. The number of ether oxygens (including phenoxy) is 1. The Hall–Kier alpha value is -3.29. The summed E-state index contributed by atoms with van der Waals surface area (Å²) in [5, 5.41) is 6.43. The van der Waals surface area contributed by atoms with Crippen LogP contribution in [0, 0.1) is 17.5 Å². The Labute approximate surface area is 159 Å².